The first-order chi connectivity index (χ1) is 12.4. The van der Waals surface area contributed by atoms with Gasteiger partial charge in [0.05, 0.1) is 0 Å². The van der Waals surface area contributed by atoms with E-state index >= 15 is 0 Å². The van der Waals surface area contributed by atoms with Crippen LogP contribution in [0.25, 0.3) is 10.9 Å². The number of aromatic amines is 1. The van der Waals surface area contributed by atoms with Gasteiger partial charge >= 0.3 is 5.97 Å². The number of carboxylic acid groups (broad SMARTS) is 1. The number of carbonyl (C=O) groups is 2. The quantitative estimate of drug-likeness (QED) is 0.402. The van der Waals surface area contributed by atoms with Crippen molar-refractivity contribution in [1.29, 1.82) is 0 Å². The first kappa shape index (κ1) is 18.3. The molecule has 0 aliphatic carbocycles. The van der Waals surface area contributed by atoms with Crippen molar-refractivity contribution in [2.45, 2.75) is 43.5 Å². The smallest absolute Gasteiger partial charge is 0.335 e. The predicted molar refractivity (Wildman–Crippen MR) is 89.1 cm³/mol. The average molecular weight is 364 g/mol. The summed E-state index contributed by atoms with van der Waals surface area (Å²) < 4.78 is 5.01. The third kappa shape index (κ3) is 3.70. The van der Waals surface area contributed by atoms with Crippen LogP contribution in [0.3, 0.4) is 0 Å². The van der Waals surface area contributed by atoms with E-state index in [2.05, 4.69) is 10.3 Å². The largest absolute Gasteiger partial charge is 0.479 e. The minimum absolute atomic E-state index is 0.0653. The first-order valence-electron chi connectivity index (χ1n) is 8.15. The molecule has 3 rings (SSSR count). The van der Waals surface area contributed by atoms with Crippen LogP contribution in [0.5, 0.6) is 0 Å². The van der Waals surface area contributed by atoms with Crippen molar-refractivity contribution < 1.29 is 34.8 Å². The highest BCUT2D eigenvalue weighted by atomic mass is 16.6. The summed E-state index contributed by atoms with van der Waals surface area (Å²) in [6.45, 7) is 0. The minimum Gasteiger partial charge on any atom is -0.479 e. The van der Waals surface area contributed by atoms with Gasteiger partial charge in [-0.15, -0.1) is 0 Å². The Balaban J connectivity index is 1.59. The van der Waals surface area contributed by atoms with Gasteiger partial charge in [-0.1, -0.05) is 18.2 Å². The van der Waals surface area contributed by atoms with Gasteiger partial charge in [0.2, 0.25) is 5.91 Å². The number of benzene rings is 1. The summed E-state index contributed by atoms with van der Waals surface area (Å²) in [5.41, 5.74) is 1.81. The van der Waals surface area contributed by atoms with Crippen molar-refractivity contribution >= 4 is 22.8 Å². The number of nitrogens with one attached hydrogen (secondary N) is 2. The molecule has 1 aromatic carbocycles. The number of hydrogen-bond acceptors (Lipinski definition) is 6. The number of aryl methyl sites for hydroxylation is 1. The average Bonchev–Trinajstić information content (AvgIpc) is 3.03. The number of rotatable bonds is 5. The maximum Gasteiger partial charge on any atom is 0.335 e. The van der Waals surface area contributed by atoms with E-state index in [1.165, 1.54) is 0 Å². The molecule has 1 amide bonds. The highest BCUT2D eigenvalue weighted by Gasteiger charge is 2.47. The number of fused-ring (bicyclic) bond motifs is 1. The van der Waals surface area contributed by atoms with Crippen LogP contribution in [0.15, 0.2) is 30.3 Å². The Bertz CT molecular complexity index is 772. The molecular weight excluding hydrogens is 344 g/mol. The summed E-state index contributed by atoms with van der Waals surface area (Å²) in [5.74, 6) is -1.98. The molecule has 0 spiro atoms. The van der Waals surface area contributed by atoms with Crippen LogP contribution in [0.1, 0.15) is 12.1 Å². The van der Waals surface area contributed by atoms with Crippen molar-refractivity contribution in [2.24, 2.45) is 0 Å². The Hall–Kier alpha value is -2.46. The van der Waals surface area contributed by atoms with E-state index in [9.17, 15) is 24.9 Å². The van der Waals surface area contributed by atoms with E-state index in [0.29, 0.717) is 6.42 Å². The lowest BCUT2D eigenvalue weighted by Gasteiger charge is -2.38. The third-order valence-corrected chi connectivity index (χ3v) is 4.37. The molecule has 0 bridgehead atoms. The van der Waals surface area contributed by atoms with Gasteiger partial charge in [-0.05, 0) is 23.9 Å². The number of aliphatic carboxylic acids is 1. The molecule has 6 N–H and O–H groups in total. The number of amides is 1. The van der Waals surface area contributed by atoms with E-state index < -0.39 is 42.5 Å². The van der Waals surface area contributed by atoms with Crippen LogP contribution in [0.4, 0.5) is 0 Å². The van der Waals surface area contributed by atoms with Gasteiger partial charge < -0.3 is 35.5 Å². The van der Waals surface area contributed by atoms with Gasteiger partial charge in [-0.25, -0.2) is 4.79 Å². The Morgan fingerprint density at radius 2 is 1.85 bits per heavy atom. The van der Waals surface area contributed by atoms with Gasteiger partial charge in [-0.3, -0.25) is 4.79 Å². The number of carbonyl (C=O) groups excluding carboxylic acids is 1. The highest BCUT2D eigenvalue weighted by molar-refractivity contribution is 5.81. The van der Waals surface area contributed by atoms with Crippen molar-refractivity contribution in [3.63, 3.8) is 0 Å². The number of H-pyrrole nitrogens is 1. The van der Waals surface area contributed by atoms with Gasteiger partial charge in [0.15, 0.2) is 12.3 Å². The molecule has 1 saturated heterocycles. The van der Waals surface area contributed by atoms with Crippen LogP contribution in [-0.2, 0) is 20.7 Å². The zero-order valence-electron chi connectivity index (χ0n) is 13.7. The summed E-state index contributed by atoms with van der Waals surface area (Å²) in [7, 11) is 0. The molecule has 2 aromatic rings. The maximum atomic E-state index is 12.1. The molecule has 1 aromatic heterocycles. The molecule has 2 heterocycles. The summed E-state index contributed by atoms with van der Waals surface area (Å²) in [4.78, 5) is 26.3. The van der Waals surface area contributed by atoms with Crippen molar-refractivity contribution in [3.8, 4) is 0 Å². The predicted octanol–water partition coefficient (Wildman–Crippen LogP) is -0.891. The minimum atomic E-state index is -1.79. The summed E-state index contributed by atoms with van der Waals surface area (Å²) in [6.07, 6.45) is -7.88. The number of ether oxygens (including phenoxy) is 1. The van der Waals surface area contributed by atoms with Crippen LogP contribution in [0, 0.1) is 0 Å². The second kappa shape index (κ2) is 7.42. The third-order valence-electron chi connectivity index (χ3n) is 4.37. The molecule has 1 aliphatic rings. The lowest BCUT2D eigenvalue weighted by molar-refractivity contribution is -0.233. The molecule has 0 unspecified atom stereocenters. The van der Waals surface area contributed by atoms with E-state index in [4.69, 9.17) is 9.84 Å². The molecule has 9 heteroatoms. The fourth-order valence-corrected chi connectivity index (χ4v) is 2.95. The molecule has 0 saturated carbocycles. The van der Waals surface area contributed by atoms with Crippen molar-refractivity contribution in [1.82, 2.24) is 10.3 Å². The van der Waals surface area contributed by atoms with Crippen LogP contribution >= 0.6 is 0 Å². The summed E-state index contributed by atoms with van der Waals surface area (Å²) in [6, 6.07) is 9.60. The van der Waals surface area contributed by atoms with Crippen LogP contribution in [-0.4, -0.2) is 67.9 Å². The van der Waals surface area contributed by atoms with Gasteiger partial charge in [0.1, 0.15) is 18.3 Å². The first-order valence-corrected chi connectivity index (χ1v) is 8.15. The Kier molecular flexibility index (Phi) is 5.23. The molecule has 26 heavy (non-hydrogen) atoms. The molecular formula is C17H20N2O7. The monoisotopic (exact) mass is 364 g/mol. The summed E-state index contributed by atoms with van der Waals surface area (Å²) in [5, 5.41) is 41.6. The number of hydrogen-bond donors (Lipinski definition) is 6. The number of aromatic nitrogens is 1. The lowest BCUT2D eigenvalue weighted by Crippen LogP contribution is -2.64. The number of aliphatic hydroxyl groups excluding tert-OH is 3. The molecule has 1 fully saturated rings. The second-order valence-electron chi connectivity index (χ2n) is 6.24. The standard InChI is InChI=1S/C17H20N2O7/c20-11(6-5-9-7-8-3-1-2-4-10(8)18-9)19-16-14(23)12(21)13(22)15(26-16)17(24)25/h1-4,7,12-16,18,21-23H,5-6H2,(H,19,20)(H,24,25)/t12-,13-,14+,15-,16+/m0/s1. The molecule has 0 radical (unpaired) electrons. The van der Waals surface area contributed by atoms with Gasteiger partial charge in [0.25, 0.3) is 0 Å². The van der Waals surface area contributed by atoms with Crippen LogP contribution < -0.4 is 5.32 Å². The maximum absolute atomic E-state index is 12.1. The number of para-hydroxylation sites is 1. The van der Waals surface area contributed by atoms with Crippen molar-refractivity contribution in [2.75, 3.05) is 0 Å². The zero-order chi connectivity index (χ0) is 18.8. The summed E-state index contributed by atoms with van der Waals surface area (Å²) >= 11 is 0. The fraction of sp³-hybridized carbons (Fsp3) is 0.412. The molecule has 9 nitrogen and oxygen atoms in total. The van der Waals surface area contributed by atoms with Crippen LogP contribution in [0.2, 0.25) is 0 Å². The zero-order valence-corrected chi connectivity index (χ0v) is 13.7. The normalized spacial score (nSPS) is 28.8. The Morgan fingerprint density at radius 1 is 1.12 bits per heavy atom. The highest BCUT2D eigenvalue weighted by Crippen LogP contribution is 2.20. The number of aliphatic hydroxyl groups is 3. The molecule has 5 atom stereocenters. The number of carboxylic acids is 1. The second-order valence-corrected chi connectivity index (χ2v) is 6.24. The SMILES string of the molecule is O=C(CCc1cc2ccccc2[nH]1)N[C@@H]1O[C@H](C(=O)O)[C@@H](O)[C@H](O)[C@H]1O. The fourth-order valence-electron chi connectivity index (χ4n) is 2.95. The topological polar surface area (TPSA) is 152 Å². The molecule has 140 valence electrons. The van der Waals surface area contributed by atoms with Gasteiger partial charge in [0, 0.05) is 17.6 Å². The van der Waals surface area contributed by atoms with Crippen molar-refractivity contribution in [3.05, 3.63) is 36.0 Å². The van der Waals surface area contributed by atoms with E-state index in [1.54, 1.807) is 0 Å². The Morgan fingerprint density at radius 3 is 2.54 bits per heavy atom. The van der Waals surface area contributed by atoms with Gasteiger partial charge in [-0.2, -0.15) is 0 Å². The van der Waals surface area contributed by atoms with E-state index in [0.717, 1.165) is 16.6 Å². The molecule has 1 aliphatic heterocycles. The van der Waals surface area contributed by atoms with E-state index in [1.807, 2.05) is 30.3 Å². The van der Waals surface area contributed by atoms with E-state index in [-0.39, 0.29) is 6.42 Å². The lowest BCUT2D eigenvalue weighted by atomic mass is 9.98. The Labute approximate surface area is 148 Å².